The molecule has 0 radical (unpaired) electrons. The van der Waals surface area contributed by atoms with Gasteiger partial charge in [0.1, 0.15) is 27.9 Å². The summed E-state index contributed by atoms with van der Waals surface area (Å²) >= 11 is 6.45. The monoisotopic (exact) mass is 530 g/mol. The van der Waals surface area contributed by atoms with Gasteiger partial charge >= 0.3 is 6.09 Å². The molecule has 3 heterocycles. The second-order valence-corrected chi connectivity index (χ2v) is 10.2. The van der Waals surface area contributed by atoms with E-state index >= 15 is 0 Å². The van der Waals surface area contributed by atoms with Crippen LogP contribution in [-0.4, -0.2) is 58.5 Å². The number of nitrogen functional groups attached to an aromatic ring is 1. The number of nitrogens with one attached hydrogen (secondary N) is 1. The zero-order valence-electron chi connectivity index (χ0n) is 21.5. The Balaban J connectivity index is 1.46. The number of ether oxygens (including phenoxy) is 3. The van der Waals surface area contributed by atoms with E-state index in [1.807, 2.05) is 13.0 Å². The molecule has 0 bridgehead atoms. The average molecular weight is 531 g/mol. The Morgan fingerprint density at radius 1 is 1.27 bits per heavy atom. The maximum atomic E-state index is 13.1. The standard InChI is InChI=1S/C25H31ClN6O5/c1-14(12-36-13-15-8-16(27)10-17(9-15)35-5)29-22(33)19-11-28-32-21(19)30-20(26)18-6-7-31(23(18)32)24(34)37-25(2,3)4/h8-11,14H,6-7,12-13,27H2,1-5H3,(H,29,33)/t14-/m1/s1. The molecule has 0 saturated carbocycles. The fourth-order valence-corrected chi connectivity index (χ4v) is 4.30. The second-order valence-electron chi connectivity index (χ2n) is 9.88. The van der Waals surface area contributed by atoms with Crippen molar-refractivity contribution in [2.24, 2.45) is 0 Å². The number of nitrogens with two attached hydrogens (primary N) is 1. The van der Waals surface area contributed by atoms with E-state index in [-0.39, 0.29) is 34.9 Å². The number of halogens is 1. The smallest absolute Gasteiger partial charge is 0.416 e. The van der Waals surface area contributed by atoms with Gasteiger partial charge in [0.2, 0.25) is 0 Å². The molecule has 1 aromatic carbocycles. The molecule has 1 aliphatic rings. The van der Waals surface area contributed by atoms with E-state index < -0.39 is 11.7 Å². The molecule has 1 aliphatic heterocycles. The number of benzene rings is 1. The maximum absolute atomic E-state index is 13.1. The summed E-state index contributed by atoms with van der Waals surface area (Å²) in [5.41, 5.74) is 7.81. The Hall–Kier alpha value is -3.57. The van der Waals surface area contributed by atoms with Gasteiger partial charge in [-0.25, -0.2) is 9.78 Å². The lowest BCUT2D eigenvalue weighted by Crippen LogP contribution is -2.36. The van der Waals surface area contributed by atoms with Crippen LogP contribution in [0.4, 0.5) is 16.3 Å². The Bertz CT molecular complexity index is 1340. The van der Waals surface area contributed by atoms with Gasteiger partial charge in [-0.05, 0) is 51.8 Å². The van der Waals surface area contributed by atoms with Gasteiger partial charge in [-0.2, -0.15) is 9.61 Å². The van der Waals surface area contributed by atoms with Crippen molar-refractivity contribution in [2.45, 2.75) is 52.4 Å². The van der Waals surface area contributed by atoms with E-state index in [9.17, 15) is 9.59 Å². The van der Waals surface area contributed by atoms with Crippen molar-refractivity contribution < 1.29 is 23.8 Å². The fraction of sp³-hybridized carbons (Fsp3) is 0.440. The highest BCUT2D eigenvalue weighted by Crippen LogP contribution is 2.34. The normalized spacial score (nSPS) is 13.9. The van der Waals surface area contributed by atoms with Gasteiger partial charge in [0.15, 0.2) is 5.65 Å². The van der Waals surface area contributed by atoms with Crippen molar-refractivity contribution in [3.05, 3.63) is 46.2 Å². The molecule has 2 amide bonds. The minimum absolute atomic E-state index is 0.219. The molecule has 0 aliphatic carbocycles. The molecule has 0 fully saturated rings. The van der Waals surface area contributed by atoms with Gasteiger partial charge in [-0.3, -0.25) is 9.69 Å². The van der Waals surface area contributed by atoms with Crippen LogP contribution in [0.1, 0.15) is 49.2 Å². The molecule has 4 rings (SSSR count). The molecule has 2 aromatic heterocycles. The quantitative estimate of drug-likeness (QED) is 0.349. The fourth-order valence-electron chi connectivity index (χ4n) is 4.05. The Morgan fingerprint density at radius 3 is 2.73 bits per heavy atom. The summed E-state index contributed by atoms with van der Waals surface area (Å²) in [5, 5.41) is 7.46. The van der Waals surface area contributed by atoms with E-state index in [1.54, 1.807) is 40.0 Å². The van der Waals surface area contributed by atoms with E-state index in [0.29, 0.717) is 42.4 Å². The van der Waals surface area contributed by atoms with Crippen LogP contribution in [0.2, 0.25) is 5.15 Å². The number of nitrogens with zero attached hydrogens (tertiary/aromatic N) is 4. The lowest BCUT2D eigenvalue weighted by molar-refractivity contribution is 0.0582. The van der Waals surface area contributed by atoms with Crippen LogP contribution in [0.5, 0.6) is 5.75 Å². The Labute approximate surface area is 219 Å². The van der Waals surface area contributed by atoms with Crippen LogP contribution in [0.15, 0.2) is 24.4 Å². The van der Waals surface area contributed by atoms with Crippen molar-refractivity contribution in [3.63, 3.8) is 0 Å². The zero-order valence-corrected chi connectivity index (χ0v) is 22.3. The van der Waals surface area contributed by atoms with Crippen LogP contribution < -0.4 is 20.7 Å². The van der Waals surface area contributed by atoms with Crippen LogP contribution in [0.3, 0.4) is 0 Å². The highest BCUT2D eigenvalue weighted by atomic mass is 35.5. The number of amides is 2. The summed E-state index contributed by atoms with van der Waals surface area (Å²) in [6.45, 7) is 8.16. The number of carbonyl (C=O) groups excluding carboxylic acids is 2. The van der Waals surface area contributed by atoms with E-state index in [0.717, 1.165) is 5.56 Å². The van der Waals surface area contributed by atoms with E-state index in [1.165, 1.54) is 15.6 Å². The number of aromatic nitrogens is 3. The topological polar surface area (TPSA) is 133 Å². The number of rotatable bonds is 7. The summed E-state index contributed by atoms with van der Waals surface area (Å²) in [7, 11) is 1.57. The van der Waals surface area contributed by atoms with Crippen molar-refractivity contribution in [3.8, 4) is 5.75 Å². The van der Waals surface area contributed by atoms with Crippen LogP contribution in [0, 0.1) is 0 Å². The molecule has 0 saturated heterocycles. The summed E-state index contributed by atoms with van der Waals surface area (Å²) in [5.74, 6) is 0.718. The molecular weight excluding hydrogens is 500 g/mol. The van der Waals surface area contributed by atoms with Gasteiger partial charge < -0.3 is 25.3 Å². The first-order chi connectivity index (χ1) is 17.5. The highest BCUT2D eigenvalue weighted by molar-refractivity contribution is 6.31. The lowest BCUT2D eigenvalue weighted by Gasteiger charge is -2.24. The molecule has 11 nitrogen and oxygen atoms in total. The predicted molar refractivity (Wildman–Crippen MR) is 139 cm³/mol. The highest BCUT2D eigenvalue weighted by Gasteiger charge is 2.34. The average Bonchev–Trinajstić information content (AvgIpc) is 3.42. The molecule has 0 spiro atoms. The second kappa shape index (κ2) is 10.4. The number of hydrogen-bond acceptors (Lipinski definition) is 8. The third-order valence-corrected chi connectivity index (χ3v) is 5.92. The van der Waals surface area contributed by atoms with Crippen LogP contribution >= 0.6 is 11.6 Å². The van der Waals surface area contributed by atoms with Crippen LogP contribution in [-0.2, 0) is 22.5 Å². The lowest BCUT2D eigenvalue weighted by atomic mass is 10.2. The first kappa shape index (κ1) is 26.5. The molecule has 3 aromatic rings. The number of methoxy groups -OCH3 is 1. The third-order valence-electron chi connectivity index (χ3n) is 5.61. The number of fused-ring (bicyclic) bond motifs is 3. The van der Waals surface area contributed by atoms with Crippen molar-refractivity contribution >= 4 is 40.8 Å². The van der Waals surface area contributed by atoms with E-state index in [2.05, 4.69) is 15.4 Å². The summed E-state index contributed by atoms with van der Waals surface area (Å²) in [4.78, 5) is 31.8. The van der Waals surface area contributed by atoms with E-state index in [4.69, 9.17) is 31.5 Å². The first-order valence-corrected chi connectivity index (χ1v) is 12.2. The summed E-state index contributed by atoms with van der Waals surface area (Å²) < 4.78 is 18.0. The van der Waals surface area contributed by atoms with Gasteiger partial charge in [0, 0.05) is 29.9 Å². The van der Waals surface area contributed by atoms with Gasteiger partial charge in [0.25, 0.3) is 5.91 Å². The predicted octanol–water partition coefficient (Wildman–Crippen LogP) is 3.61. The van der Waals surface area contributed by atoms with Gasteiger partial charge in [-0.15, -0.1) is 0 Å². The summed E-state index contributed by atoms with van der Waals surface area (Å²) in [6, 6.07) is 5.06. The SMILES string of the molecule is COc1cc(N)cc(COC[C@@H](C)NC(=O)c2cnn3c4c(c(Cl)nc23)CCN4C(=O)OC(C)(C)C)c1. The number of carbonyl (C=O) groups is 2. The minimum atomic E-state index is -0.664. The van der Waals surface area contributed by atoms with Crippen molar-refractivity contribution in [1.29, 1.82) is 0 Å². The Kier molecular flexibility index (Phi) is 7.47. The molecule has 12 heteroatoms. The van der Waals surface area contributed by atoms with Gasteiger partial charge in [-0.1, -0.05) is 11.6 Å². The van der Waals surface area contributed by atoms with Crippen LogP contribution in [0.25, 0.3) is 5.65 Å². The first-order valence-electron chi connectivity index (χ1n) is 11.9. The maximum Gasteiger partial charge on any atom is 0.416 e. The molecule has 0 unspecified atom stereocenters. The molecular formula is C25H31ClN6O5. The minimum Gasteiger partial charge on any atom is -0.497 e. The zero-order chi connectivity index (χ0) is 26.9. The Morgan fingerprint density at radius 2 is 2.03 bits per heavy atom. The van der Waals surface area contributed by atoms with Crippen molar-refractivity contribution in [2.75, 3.05) is 30.9 Å². The third kappa shape index (κ3) is 5.89. The molecule has 1 atom stereocenters. The molecule has 37 heavy (non-hydrogen) atoms. The number of hydrogen-bond donors (Lipinski definition) is 2. The number of anilines is 2. The molecule has 198 valence electrons. The molecule has 3 N–H and O–H groups in total. The largest absolute Gasteiger partial charge is 0.497 e. The van der Waals surface area contributed by atoms with Crippen molar-refractivity contribution in [1.82, 2.24) is 19.9 Å². The summed E-state index contributed by atoms with van der Waals surface area (Å²) in [6.07, 6.45) is 1.40. The van der Waals surface area contributed by atoms with Gasteiger partial charge in [0.05, 0.1) is 26.5 Å².